The fourth-order valence-corrected chi connectivity index (χ4v) is 2.98. The molecule has 0 spiro atoms. The molecule has 0 bridgehead atoms. The zero-order chi connectivity index (χ0) is 15.6. The van der Waals surface area contributed by atoms with E-state index in [0.29, 0.717) is 18.8 Å². The number of amides is 1. The number of H-pyrrole nitrogens is 1. The van der Waals surface area contributed by atoms with Gasteiger partial charge in [0.15, 0.2) is 5.69 Å². The highest BCUT2D eigenvalue weighted by Gasteiger charge is 2.21. The Morgan fingerprint density at radius 3 is 3.00 bits per heavy atom. The lowest BCUT2D eigenvalue weighted by molar-refractivity contribution is 0.0935. The van der Waals surface area contributed by atoms with Crippen LogP contribution in [0.25, 0.3) is 10.9 Å². The number of hydrogen-bond donors (Lipinski definition) is 2. The molecule has 23 heavy (non-hydrogen) atoms. The predicted molar refractivity (Wildman–Crippen MR) is 87.6 cm³/mol. The third kappa shape index (κ3) is 2.65. The van der Waals surface area contributed by atoms with Gasteiger partial charge in [0, 0.05) is 17.8 Å². The quantitative estimate of drug-likeness (QED) is 0.781. The molecular formula is C18H17N3O2. The van der Waals surface area contributed by atoms with Gasteiger partial charge in [-0.3, -0.25) is 9.89 Å². The maximum Gasteiger partial charge on any atom is 0.272 e. The van der Waals surface area contributed by atoms with Crippen LogP contribution in [0.3, 0.4) is 0 Å². The van der Waals surface area contributed by atoms with Gasteiger partial charge in [-0.05, 0) is 24.1 Å². The van der Waals surface area contributed by atoms with Gasteiger partial charge in [-0.1, -0.05) is 36.4 Å². The van der Waals surface area contributed by atoms with E-state index < -0.39 is 0 Å². The number of aromatic nitrogens is 2. The lowest BCUT2D eigenvalue weighted by Crippen LogP contribution is -2.35. The molecule has 0 aliphatic carbocycles. The van der Waals surface area contributed by atoms with E-state index in [1.165, 1.54) is 5.56 Å². The molecule has 2 aromatic carbocycles. The number of hydrogen-bond acceptors (Lipinski definition) is 3. The number of aromatic amines is 1. The molecule has 3 aromatic rings. The first kappa shape index (κ1) is 13.8. The maximum atomic E-state index is 12.4. The van der Waals surface area contributed by atoms with E-state index >= 15 is 0 Å². The predicted octanol–water partition coefficient (Wildman–Crippen LogP) is 2.54. The molecule has 0 saturated heterocycles. The summed E-state index contributed by atoms with van der Waals surface area (Å²) >= 11 is 0. The Hall–Kier alpha value is -2.82. The first-order valence-corrected chi connectivity index (χ1v) is 7.73. The van der Waals surface area contributed by atoms with Crippen LogP contribution in [0, 0.1) is 5.92 Å². The number of ether oxygens (including phenoxy) is 1. The fraction of sp³-hybridized carbons (Fsp3) is 0.222. The van der Waals surface area contributed by atoms with Gasteiger partial charge in [-0.2, -0.15) is 5.10 Å². The third-order valence-corrected chi connectivity index (χ3v) is 4.19. The molecule has 1 amide bonds. The van der Waals surface area contributed by atoms with Crippen molar-refractivity contribution in [1.29, 1.82) is 0 Å². The molecule has 5 nitrogen and oxygen atoms in total. The van der Waals surface area contributed by atoms with E-state index in [-0.39, 0.29) is 11.8 Å². The molecule has 2 N–H and O–H groups in total. The first-order valence-electron chi connectivity index (χ1n) is 7.73. The van der Waals surface area contributed by atoms with Crippen LogP contribution in [0.4, 0.5) is 0 Å². The standard InChI is InChI=1S/C18H17N3O2/c22-18(17-14-6-2-3-7-15(14)20-21-17)19-10-12-9-13-5-1-4-8-16(13)23-11-12/h1-8,12H,9-11H2,(H,19,22)(H,20,21). The van der Waals surface area contributed by atoms with E-state index in [0.717, 1.165) is 23.1 Å². The topological polar surface area (TPSA) is 67.0 Å². The molecule has 116 valence electrons. The summed E-state index contributed by atoms with van der Waals surface area (Å²) in [7, 11) is 0. The second-order valence-corrected chi connectivity index (χ2v) is 5.82. The van der Waals surface area contributed by atoms with Crippen LogP contribution in [0.2, 0.25) is 0 Å². The molecule has 1 aromatic heterocycles. The van der Waals surface area contributed by atoms with Crippen molar-refractivity contribution in [1.82, 2.24) is 15.5 Å². The van der Waals surface area contributed by atoms with Crippen molar-refractivity contribution >= 4 is 16.8 Å². The van der Waals surface area contributed by atoms with Crippen LogP contribution < -0.4 is 10.1 Å². The normalized spacial score (nSPS) is 16.6. The summed E-state index contributed by atoms with van der Waals surface area (Å²) in [6, 6.07) is 15.7. The Labute approximate surface area is 133 Å². The maximum absolute atomic E-state index is 12.4. The Morgan fingerprint density at radius 1 is 1.22 bits per heavy atom. The number of carbonyl (C=O) groups excluding carboxylic acids is 1. The number of carbonyl (C=O) groups is 1. The first-order chi connectivity index (χ1) is 11.3. The Kier molecular flexibility index (Phi) is 3.46. The minimum atomic E-state index is -0.152. The molecule has 1 atom stereocenters. The minimum Gasteiger partial charge on any atom is -0.493 e. The number of benzene rings is 2. The van der Waals surface area contributed by atoms with Crippen LogP contribution in [0.15, 0.2) is 48.5 Å². The van der Waals surface area contributed by atoms with E-state index in [1.807, 2.05) is 42.5 Å². The van der Waals surface area contributed by atoms with E-state index in [9.17, 15) is 4.79 Å². The molecule has 5 heteroatoms. The van der Waals surface area contributed by atoms with Gasteiger partial charge in [0.2, 0.25) is 0 Å². The van der Waals surface area contributed by atoms with Crippen LogP contribution in [-0.2, 0) is 6.42 Å². The monoisotopic (exact) mass is 307 g/mol. The van der Waals surface area contributed by atoms with Crippen molar-refractivity contribution in [3.8, 4) is 5.75 Å². The lowest BCUT2D eigenvalue weighted by atomic mass is 9.97. The molecule has 4 rings (SSSR count). The number of rotatable bonds is 3. The lowest BCUT2D eigenvalue weighted by Gasteiger charge is -2.25. The van der Waals surface area contributed by atoms with Crippen LogP contribution in [-0.4, -0.2) is 29.3 Å². The van der Waals surface area contributed by atoms with Crippen molar-refractivity contribution in [2.75, 3.05) is 13.2 Å². The molecule has 0 fully saturated rings. The summed E-state index contributed by atoms with van der Waals surface area (Å²) in [5.74, 6) is 1.08. The molecular weight excluding hydrogens is 290 g/mol. The van der Waals surface area contributed by atoms with Gasteiger partial charge < -0.3 is 10.1 Å². The van der Waals surface area contributed by atoms with Crippen LogP contribution in [0.5, 0.6) is 5.75 Å². The Balaban J connectivity index is 1.43. The Morgan fingerprint density at radius 2 is 2.04 bits per heavy atom. The number of nitrogens with zero attached hydrogens (tertiary/aromatic N) is 1. The van der Waals surface area contributed by atoms with Crippen molar-refractivity contribution in [2.45, 2.75) is 6.42 Å². The highest BCUT2D eigenvalue weighted by atomic mass is 16.5. The van der Waals surface area contributed by atoms with Gasteiger partial charge in [0.05, 0.1) is 12.1 Å². The largest absolute Gasteiger partial charge is 0.493 e. The average molecular weight is 307 g/mol. The molecule has 0 radical (unpaired) electrons. The smallest absolute Gasteiger partial charge is 0.272 e. The molecule has 1 aliphatic heterocycles. The Bertz CT molecular complexity index is 856. The summed E-state index contributed by atoms with van der Waals surface area (Å²) in [6.07, 6.45) is 0.914. The molecule has 1 unspecified atom stereocenters. The minimum absolute atomic E-state index is 0.152. The van der Waals surface area contributed by atoms with E-state index in [1.54, 1.807) is 0 Å². The van der Waals surface area contributed by atoms with E-state index in [2.05, 4.69) is 21.6 Å². The zero-order valence-corrected chi connectivity index (χ0v) is 12.6. The van der Waals surface area contributed by atoms with Crippen molar-refractivity contribution < 1.29 is 9.53 Å². The second kappa shape index (κ2) is 5.76. The van der Waals surface area contributed by atoms with Gasteiger partial charge in [0.25, 0.3) is 5.91 Å². The van der Waals surface area contributed by atoms with Crippen LogP contribution >= 0.6 is 0 Å². The summed E-state index contributed by atoms with van der Waals surface area (Å²) in [6.45, 7) is 1.20. The number of fused-ring (bicyclic) bond motifs is 2. The highest BCUT2D eigenvalue weighted by Crippen LogP contribution is 2.26. The average Bonchev–Trinajstić information content (AvgIpc) is 3.03. The molecule has 1 aliphatic rings. The zero-order valence-electron chi connectivity index (χ0n) is 12.6. The fourth-order valence-electron chi connectivity index (χ4n) is 2.98. The summed E-state index contributed by atoms with van der Waals surface area (Å²) in [5.41, 5.74) is 2.51. The summed E-state index contributed by atoms with van der Waals surface area (Å²) in [4.78, 5) is 12.4. The molecule has 0 saturated carbocycles. The van der Waals surface area contributed by atoms with Gasteiger partial charge in [0.1, 0.15) is 5.75 Å². The third-order valence-electron chi connectivity index (χ3n) is 4.19. The second-order valence-electron chi connectivity index (χ2n) is 5.82. The number of para-hydroxylation sites is 2. The van der Waals surface area contributed by atoms with E-state index in [4.69, 9.17) is 4.74 Å². The van der Waals surface area contributed by atoms with Crippen molar-refractivity contribution in [3.05, 3.63) is 59.8 Å². The van der Waals surface area contributed by atoms with Gasteiger partial charge >= 0.3 is 0 Å². The van der Waals surface area contributed by atoms with Crippen LogP contribution in [0.1, 0.15) is 16.1 Å². The van der Waals surface area contributed by atoms with Crippen molar-refractivity contribution in [3.63, 3.8) is 0 Å². The number of nitrogens with one attached hydrogen (secondary N) is 2. The molecule has 2 heterocycles. The SMILES string of the molecule is O=C(NCC1COc2ccccc2C1)c1n[nH]c2ccccc12. The van der Waals surface area contributed by atoms with Gasteiger partial charge in [-0.25, -0.2) is 0 Å². The summed E-state index contributed by atoms with van der Waals surface area (Å²) in [5, 5.41) is 10.8. The highest BCUT2D eigenvalue weighted by molar-refractivity contribution is 6.04. The van der Waals surface area contributed by atoms with Gasteiger partial charge in [-0.15, -0.1) is 0 Å². The summed E-state index contributed by atoms with van der Waals surface area (Å²) < 4.78 is 5.76. The van der Waals surface area contributed by atoms with Crippen molar-refractivity contribution in [2.24, 2.45) is 5.92 Å².